The van der Waals surface area contributed by atoms with Gasteiger partial charge in [-0.25, -0.2) is 4.57 Å². The van der Waals surface area contributed by atoms with Gasteiger partial charge in [0.2, 0.25) is 0 Å². The molecule has 0 amide bonds. The summed E-state index contributed by atoms with van der Waals surface area (Å²) in [4.78, 5) is 34.6. The Morgan fingerprint density at radius 1 is 0.625 bits per heavy atom. The number of hydrogen-bond acceptors (Lipinski definition) is 8. The molecule has 282 valence electrons. The average molecular weight is 702 g/mol. The van der Waals surface area contributed by atoms with Crippen LogP contribution in [0.1, 0.15) is 174 Å². The van der Waals surface area contributed by atoms with E-state index in [-0.39, 0.29) is 38.6 Å². The van der Waals surface area contributed by atoms with Crippen molar-refractivity contribution >= 4 is 19.8 Å². The summed E-state index contributed by atoms with van der Waals surface area (Å²) in [6.45, 7) is 3.66. The Labute approximate surface area is 293 Å². The molecule has 0 heterocycles. The van der Waals surface area contributed by atoms with Crippen molar-refractivity contribution in [1.82, 2.24) is 0 Å². The predicted octanol–water partition coefficient (Wildman–Crippen LogP) is 10.4. The highest BCUT2D eigenvalue weighted by molar-refractivity contribution is 7.47. The van der Waals surface area contributed by atoms with Crippen LogP contribution in [0.4, 0.5) is 0 Å². The summed E-state index contributed by atoms with van der Waals surface area (Å²) in [7, 11) is -4.36. The molecule has 0 fully saturated rings. The van der Waals surface area contributed by atoms with E-state index in [9.17, 15) is 19.0 Å². The number of rotatable bonds is 36. The maximum Gasteiger partial charge on any atom is 0.472 e. The van der Waals surface area contributed by atoms with Gasteiger partial charge in [-0.2, -0.15) is 0 Å². The highest BCUT2D eigenvalue weighted by Gasteiger charge is 2.25. The zero-order valence-corrected chi connectivity index (χ0v) is 31.6. The molecular weight excluding hydrogens is 629 g/mol. The fourth-order valence-electron chi connectivity index (χ4n) is 5.19. The van der Waals surface area contributed by atoms with Crippen LogP contribution in [0, 0.1) is 0 Å². The number of unbranched alkanes of at least 4 members (excludes halogenated alkanes) is 19. The first-order chi connectivity index (χ1) is 23.3. The van der Waals surface area contributed by atoms with Gasteiger partial charge in [0.1, 0.15) is 6.61 Å². The van der Waals surface area contributed by atoms with E-state index in [4.69, 9.17) is 24.3 Å². The van der Waals surface area contributed by atoms with Crippen LogP contribution >= 0.6 is 7.82 Å². The van der Waals surface area contributed by atoms with Gasteiger partial charge in [0.15, 0.2) is 6.10 Å². The zero-order valence-electron chi connectivity index (χ0n) is 30.7. The lowest BCUT2D eigenvalue weighted by molar-refractivity contribution is -0.161. The minimum absolute atomic E-state index is 0.0540. The van der Waals surface area contributed by atoms with Gasteiger partial charge in [-0.1, -0.05) is 141 Å². The molecule has 0 saturated heterocycles. The molecule has 0 aromatic carbocycles. The van der Waals surface area contributed by atoms with Crippen molar-refractivity contribution < 1.29 is 37.6 Å². The molecule has 0 aliphatic heterocycles. The summed E-state index contributed by atoms with van der Waals surface area (Å²) in [5.74, 6) is -0.836. The number of phosphoric ester groups is 1. The highest BCUT2D eigenvalue weighted by atomic mass is 31.2. The molecule has 3 N–H and O–H groups in total. The first-order valence-electron chi connectivity index (χ1n) is 19.3. The van der Waals surface area contributed by atoms with E-state index in [1.54, 1.807) is 0 Å². The second-order valence-corrected chi connectivity index (χ2v) is 14.3. The maximum absolute atomic E-state index is 12.4. The SMILES string of the molecule is CCCCC/C=C/C/C=C/CCCCCCCCCCCC(=O)OC[C@@H](COP(=O)(O)OCCN)OC(=O)CCCCCCCCCC. The van der Waals surface area contributed by atoms with Crippen LogP contribution in [0.15, 0.2) is 24.3 Å². The van der Waals surface area contributed by atoms with Gasteiger partial charge in [-0.3, -0.25) is 18.6 Å². The number of esters is 2. The van der Waals surface area contributed by atoms with Crippen LogP contribution in [0.2, 0.25) is 0 Å². The number of hydrogen-bond donors (Lipinski definition) is 2. The van der Waals surface area contributed by atoms with Gasteiger partial charge in [-0.05, 0) is 44.9 Å². The molecule has 0 aromatic rings. The normalized spacial score (nSPS) is 13.7. The Kier molecular flexibility index (Phi) is 34.2. The maximum atomic E-state index is 12.4. The topological polar surface area (TPSA) is 134 Å². The quantitative estimate of drug-likeness (QED) is 0.0283. The van der Waals surface area contributed by atoms with Gasteiger partial charge in [0, 0.05) is 19.4 Å². The van der Waals surface area contributed by atoms with E-state index in [1.165, 1.54) is 96.3 Å². The molecule has 0 aromatic heterocycles. The molecule has 0 bridgehead atoms. The average Bonchev–Trinajstić information content (AvgIpc) is 3.07. The third kappa shape index (κ3) is 34.4. The Balaban J connectivity index is 4.09. The molecule has 0 saturated carbocycles. The van der Waals surface area contributed by atoms with Gasteiger partial charge in [-0.15, -0.1) is 0 Å². The number of carbonyl (C=O) groups is 2. The summed E-state index contributed by atoms with van der Waals surface area (Å²) in [6, 6.07) is 0. The standard InChI is InChI=1S/C38H72NO8P/c1-3-5-7-9-11-13-14-15-16-17-18-19-20-21-22-23-25-26-28-30-37(40)44-34-36(35-46-48(42,43)45-33-32-39)47-38(41)31-29-27-24-12-10-8-6-4-2/h11,13,15-16,36H,3-10,12,14,17-35,39H2,1-2H3,(H,42,43)/b13-11+,16-15+/t36-/m0/s1. The fraction of sp³-hybridized carbons (Fsp3) is 0.842. The molecule has 9 nitrogen and oxygen atoms in total. The van der Waals surface area contributed by atoms with Gasteiger partial charge >= 0.3 is 19.8 Å². The molecule has 0 rings (SSSR count). The lowest BCUT2D eigenvalue weighted by atomic mass is 10.1. The number of allylic oxidation sites excluding steroid dienone is 4. The van der Waals surface area contributed by atoms with Crippen LogP contribution in [0.5, 0.6) is 0 Å². The van der Waals surface area contributed by atoms with E-state index in [0.717, 1.165) is 44.9 Å². The smallest absolute Gasteiger partial charge is 0.462 e. The second kappa shape index (κ2) is 35.3. The number of carbonyl (C=O) groups excluding carboxylic acids is 2. The van der Waals surface area contributed by atoms with E-state index in [0.29, 0.717) is 6.42 Å². The minimum Gasteiger partial charge on any atom is -0.462 e. The van der Waals surface area contributed by atoms with Crippen LogP contribution in [0.25, 0.3) is 0 Å². The molecule has 10 heteroatoms. The predicted molar refractivity (Wildman–Crippen MR) is 197 cm³/mol. The van der Waals surface area contributed by atoms with E-state index >= 15 is 0 Å². The molecular formula is C38H72NO8P. The Morgan fingerprint density at radius 3 is 1.62 bits per heavy atom. The first-order valence-corrected chi connectivity index (χ1v) is 20.8. The molecule has 0 spiro atoms. The van der Waals surface area contributed by atoms with Crippen molar-refractivity contribution in [3.63, 3.8) is 0 Å². The van der Waals surface area contributed by atoms with Gasteiger partial charge in [0.05, 0.1) is 13.2 Å². The highest BCUT2D eigenvalue weighted by Crippen LogP contribution is 2.43. The van der Waals surface area contributed by atoms with Crippen molar-refractivity contribution in [3.8, 4) is 0 Å². The summed E-state index contributed by atoms with van der Waals surface area (Å²) in [5.41, 5.74) is 5.32. The second-order valence-electron chi connectivity index (χ2n) is 12.8. The Bertz CT molecular complexity index is 851. The van der Waals surface area contributed by atoms with Crippen LogP contribution in [0.3, 0.4) is 0 Å². The van der Waals surface area contributed by atoms with Gasteiger partial charge < -0.3 is 20.1 Å². The molecule has 0 aliphatic rings. The third-order valence-electron chi connectivity index (χ3n) is 8.09. The van der Waals surface area contributed by atoms with Crippen molar-refractivity contribution in [2.45, 2.75) is 180 Å². The summed E-state index contributed by atoms with van der Waals surface area (Å²) < 4.78 is 32.6. The van der Waals surface area contributed by atoms with E-state index in [2.05, 4.69) is 38.2 Å². The largest absolute Gasteiger partial charge is 0.472 e. The Hall–Kier alpha value is -1.51. The number of ether oxygens (including phenoxy) is 2. The third-order valence-corrected chi connectivity index (χ3v) is 9.07. The van der Waals surface area contributed by atoms with Crippen LogP contribution < -0.4 is 5.73 Å². The number of phosphoric acid groups is 1. The summed E-state index contributed by atoms with van der Waals surface area (Å²) >= 11 is 0. The monoisotopic (exact) mass is 701 g/mol. The van der Waals surface area contributed by atoms with Crippen molar-refractivity contribution in [3.05, 3.63) is 24.3 Å². The van der Waals surface area contributed by atoms with Gasteiger partial charge in [0.25, 0.3) is 0 Å². The van der Waals surface area contributed by atoms with E-state index < -0.39 is 26.5 Å². The lowest BCUT2D eigenvalue weighted by Gasteiger charge is -2.19. The van der Waals surface area contributed by atoms with Crippen molar-refractivity contribution in [2.75, 3.05) is 26.4 Å². The molecule has 1 unspecified atom stereocenters. The fourth-order valence-corrected chi connectivity index (χ4v) is 5.96. The lowest BCUT2D eigenvalue weighted by Crippen LogP contribution is -2.29. The van der Waals surface area contributed by atoms with E-state index in [1.807, 2.05) is 0 Å². The number of nitrogens with two attached hydrogens (primary N) is 1. The molecule has 0 aliphatic carbocycles. The van der Waals surface area contributed by atoms with Crippen LogP contribution in [-0.2, 0) is 32.7 Å². The molecule has 0 radical (unpaired) electrons. The Morgan fingerprint density at radius 2 is 1.08 bits per heavy atom. The van der Waals surface area contributed by atoms with Crippen LogP contribution in [-0.4, -0.2) is 49.3 Å². The summed E-state index contributed by atoms with van der Waals surface area (Å²) in [5, 5.41) is 0. The first kappa shape index (κ1) is 46.5. The minimum atomic E-state index is -4.36. The zero-order chi connectivity index (χ0) is 35.4. The molecule has 48 heavy (non-hydrogen) atoms. The summed E-state index contributed by atoms with van der Waals surface area (Å²) in [6.07, 6.45) is 35.1. The van der Waals surface area contributed by atoms with Crippen molar-refractivity contribution in [2.24, 2.45) is 5.73 Å². The molecule has 2 atom stereocenters. The van der Waals surface area contributed by atoms with Crippen molar-refractivity contribution in [1.29, 1.82) is 0 Å².